The van der Waals surface area contributed by atoms with Gasteiger partial charge < -0.3 is 16.0 Å². The normalized spacial score (nSPS) is 11.4. The standard InChI is InChI=1S/C12H24N6/c1-6-18(7-2)11-16-9(13)15-10(17-11)14-8-12(3,4)5/h6-8H2,1-5H3,(H3,13,14,15,16,17). The topological polar surface area (TPSA) is 80.0 Å². The van der Waals surface area contributed by atoms with Gasteiger partial charge in [0.2, 0.25) is 17.8 Å². The van der Waals surface area contributed by atoms with E-state index in [2.05, 4.69) is 54.9 Å². The van der Waals surface area contributed by atoms with Crippen LogP contribution in [-0.4, -0.2) is 34.6 Å². The van der Waals surface area contributed by atoms with Gasteiger partial charge in [-0.25, -0.2) is 0 Å². The van der Waals surface area contributed by atoms with E-state index < -0.39 is 0 Å². The second-order valence-electron chi connectivity index (χ2n) is 5.40. The smallest absolute Gasteiger partial charge is 0.231 e. The molecule has 0 aliphatic heterocycles. The van der Waals surface area contributed by atoms with E-state index in [9.17, 15) is 0 Å². The van der Waals surface area contributed by atoms with E-state index >= 15 is 0 Å². The average Bonchev–Trinajstić information content (AvgIpc) is 2.26. The summed E-state index contributed by atoms with van der Waals surface area (Å²) in [4.78, 5) is 14.7. The second-order valence-corrected chi connectivity index (χ2v) is 5.40. The van der Waals surface area contributed by atoms with Gasteiger partial charge >= 0.3 is 0 Å². The van der Waals surface area contributed by atoms with Crippen LogP contribution in [0.4, 0.5) is 17.8 Å². The Labute approximate surface area is 109 Å². The molecule has 1 rings (SSSR count). The summed E-state index contributed by atoms with van der Waals surface area (Å²) in [5, 5.41) is 3.20. The third-order valence-electron chi connectivity index (χ3n) is 2.46. The van der Waals surface area contributed by atoms with Gasteiger partial charge in [-0.1, -0.05) is 20.8 Å². The quantitative estimate of drug-likeness (QED) is 0.831. The van der Waals surface area contributed by atoms with Crippen molar-refractivity contribution in [2.75, 3.05) is 35.6 Å². The molecule has 0 aliphatic carbocycles. The van der Waals surface area contributed by atoms with Crippen LogP contribution in [0.1, 0.15) is 34.6 Å². The number of rotatable bonds is 5. The lowest BCUT2D eigenvalue weighted by molar-refractivity contribution is 0.441. The average molecular weight is 252 g/mol. The number of anilines is 3. The first kappa shape index (κ1) is 14.5. The van der Waals surface area contributed by atoms with Crippen molar-refractivity contribution in [2.45, 2.75) is 34.6 Å². The van der Waals surface area contributed by atoms with Crippen LogP contribution in [-0.2, 0) is 0 Å². The summed E-state index contributed by atoms with van der Waals surface area (Å²) in [6.45, 7) is 13.0. The summed E-state index contributed by atoms with van der Waals surface area (Å²) in [6.07, 6.45) is 0. The number of nitrogens with zero attached hydrogens (tertiary/aromatic N) is 4. The van der Waals surface area contributed by atoms with E-state index in [1.807, 2.05) is 4.90 Å². The van der Waals surface area contributed by atoms with Crippen LogP contribution in [0.2, 0.25) is 0 Å². The van der Waals surface area contributed by atoms with Crippen molar-refractivity contribution in [1.82, 2.24) is 15.0 Å². The Morgan fingerprint density at radius 1 is 1.11 bits per heavy atom. The first-order valence-corrected chi connectivity index (χ1v) is 6.36. The fourth-order valence-electron chi connectivity index (χ4n) is 1.45. The molecule has 102 valence electrons. The van der Waals surface area contributed by atoms with Gasteiger partial charge in [-0.15, -0.1) is 0 Å². The molecule has 1 heterocycles. The van der Waals surface area contributed by atoms with E-state index in [4.69, 9.17) is 5.73 Å². The number of nitrogens with two attached hydrogens (primary N) is 1. The molecule has 1 aromatic heterocycles. The van der Waals surface area contributed by atoms with Crippen LogP contribution >= 0.6 is 0 Å². The number of nitrogens with one attached hydrogen (secondary N) is 1. The van der Waals surface area contributed by atoms with Crippen LogP contribution in [0.25, 0.3) is 0 Å². The van der Waals surface area contributed by atoms with Crippen molar-refractivity contribution in [3.05, 3.63) is 0 Å². The van der Waals surface area contributed by atoms with E-state index in [0.29, 0.717) is 11.9 Å². The van der Waals surface area contributed by atoms with Crippen molar-refractivity contribution in [3.63, 3.8) is 0 Å². The second kappa shape index (κ2) is 5.84. The third kappa shape index (κ3) is 4.35. The molecule has 6 nitrogen and oxygen atoms in total. The fraction of sp³-hybridized carbons (Fsp3) is 0.750. The first-order chi connectivity index (χ1) is 8.35. The predicted octanol–water partition coefficient (Wildman–Crippen LogP) is 1.76. The number of hydrogen-bond acceptors (Lipinski definition) is 6. The fourth-order valence-corrected chi connectivity index (χ4v) is 1.45. The molecule has 0 radical (unpaired) electrons. The SMILES string of the molecule is CCN(CC)c1nc(N)nc(NCC(C)(C)C)n1. The van der Waals surface area contributed by atoms with Gasteiger partial charge in [-0.2, -0.15) is 15.0 Å². The molecule has 0 amide bonds. The van der Waals surface area contributed by atoms with Crippen molar-refractivity contribution in [1.29, 1.82) is 0 Å². The van der Waals surface area contributed by atoms with Crippen molar-refractivity contribution < 1.29 is 0 Å². The first-order valence-electron chi connectivity index (χ1n) is 6.36. The van der Waals surface area contributed by atoms with Crippen LogP contribution in [0, 0.1) is 5.41 Å². The van der Waals surface area contributed by atoms with Gasteiger partial charge in [0.25, 0.3) is 0 Å². The minimum absolute atomic E-state index is 0.163. The Kier molecular flexibility index (Phi) is 4.69. The number of nitrogen functional groups attached to an aromatic ring is 1. The largest absolute Gasteiger partial charge is 0.368 e. The Bertz CT molecular complexity index is 381. The molecular formula is C12H24N6. The molecule has 0 aliphatic rings. The Balaban J connectivity index is 2.87. The Morgan fingerprint density at radius 3 is 2.22 bits per heavy atom. The van der Waals surface area contributed by atoms with Crippen molar-refractivity contribution in [3.8, 4) is 0 Å². The predicted molar refractivity (Wildman–Crippen MR) is 75.7 cm³/mol. The van der Waals surface area contributed by atoms with E-state index in [0.717, 1.165) is 19.6 Å². The van der Waals surface area contributed by atoms with Crippen LogP contribution < -0.4 is 16.0 Å². The molecule has 0 fully saturated rings. The van der Waals surface area contributed by atoms with Crippen LogP contribution in [0.5, 0.6) is 0 Å². The highest BCUT2D eigenvalue weighted by molar-refractivity contribution is 5.41. The molecule has 0 bridgehead atoms. The van der Waals surface area contributed by atoms with Crippen LogP contribution in [0.3, 0.4) is 0 Å². The summed E-state index contributed by atoms with van der Waals surface area (Å²) < 4.78 is 0. The lowest BCUT2D eigenvalue weighted by atomic mass is 9.97. The van der Waals surface area contributed by atoms with Gasteiger partial charge in [0, 0.05) is 19.6 Å². The Hall–Kier alpha value is -1.59. The van der Waals surface area contributed by atoms with Gasteiger partial charge in [-0.05, 0) is 19.3 Å². The molecule has 0 aromatic carbocycles. The monoisotopic (exact) mass is 252 g/mol. The van der Waals surface area contributed by atoms with E-state index in [-0.39, 0.29) is 11.4 Å². The minimum atomic E-state index is 0.163. The maximum atomic E-state index is 5.72. The minimum Gasteiger partial charge on any atom is -0.368 e. The summed E-state index contributed by atoms with van der Waals surface area (Å²) in [5.74, 6) is 1.42. The molecule has 6 heteroatoms. The summed E-state index contributed by atoms with van der Waals surface area (Å²) in [6, 6.07) is 0. The van der Waals surface area contributed by atoms with E-state index in [1.165, 1.54) is 0 Å². The zero-order valence-electron chi connectivity index (χ0n) is 12.0. The van der Waals surface area contributed by atoms with Gasteiger partial charge in [0.1, 0.15) is 0 Å². The zero-order chi connectivity index (χ0) is 13.8. The molecule has 0 saturated heterocycles. The van der Waals surface area contributed by atoms with Gasteiger partial charge in [0.05, 0.1) is 0 Å². The molecule has 3 N–H and O–H groups in total. The lowest BCUT2D eigenvalue weighted by Crippen LogP contribution is -2.26. The maximum Gasteiger partial charge on any atom is 0.231 e. The molecule has 18 heavy (non-hydrogen) atoms. The molecule has 0 spiro atoms. The highest BCUT2D eigenvalue weighted by atomic mass is 15.3. The van der Waals surface area contributed by atoms with Gasteiger partial charge in [0.15, 0.2) is 0 Å². The van der Waals surface area contributed by atoms with Crippen molar-refractivity contribution >= 4 is 17.8 Å². The molecular weight excluding hydrogens is 228 g/mol. The molecule has 1 aromatic rings. The van der Waals surface area contributed by atoms with E-state index in [1.54, 1.807) is 0 Å². The highest BCUT2D eigenvalue weighted by Gasteiger charge is 2.13. The van der Waals surface area contributed by atoms with Crippen molar-refractivity contribution in [2.24, 2.45) is 5.41 Å². The maximum absolute atomic E-state index is 5.72. The van der Waals surface area contributed by atoms with Gasteiger partial charge in [-0.3, -0.25) is 0 Å². The molecule has 0 atom stereocenters. The van der Waals surface area contributed by atoms with Crippen LogP contribution in [0.15, 0.2) is 0 Å². The number of aromatic nitrogens is 3. The Morgan fingerprint density at radius 2 is 1.72 bits per heavy atom. The molecule has 0 saturated carbocycles. The highest BCUT2D eigenvalue weighted by Crippen LogP contribution is 2.15. The number of hydrogen-bond donors (Lipinski definition) is 2. The third-order valence-corrected chi connectivity index (χ3v) is 2.46. The summed E-state index contributed by atoms with van der Waals surface area (Å²) in [5.41, 5.74) is 5.88. The molecule has 0 unspecified atom stereocenters. The summed E-state index contributed by atoms with van der Waals surface area (Å²) >= 11 is 0. The lowest BCUT2D eigenvalue weighted by Gasteiger charge is -2.21. The zero-order valence-corrected chi connectivity index (χ0v) is 12.0. The summed E-state index contributed by atoms with van der Waals surface area (Å²) in [7, 11) is 0.